The molecular formula is C20H26ClN3O3S. The second-order valence-corrected chi connectivity index (χ2v) is 9.22. The van der Waals surface area contributed by atoms with Crippen molar-refractivity contribution in [2.24, 2.45) is 11.7 Å². The Morgan fingerprint density at radius 1 is 1.18 bits per heavy atom. The van der Waals surface area contributed by atoms with Crippen LogP contribution in [0.5, 0.6) is 0 Å². The topological polar surface area (TPSA) is 92.5 Å². The summed E-state index contributed by atoms with van der Waals surface area (Å²) in [5.41, 5.74) is 7.21. The van der Waals surface area contributed by atoms with Gasteiger partial charge in [0.25, 0.3) is 5.91 Å². The van der Waals surface area contributed by atoms with Crippen LogP contribution in [-0.2, 0) is 10.0 Å². The Morgan fingerprint density at radius 3 is 2.57 bits per heavy atom. The molecule has 1 heterocycles. The number of benzene rings is 2. The molecule has 1 saturated carbocycles. The standard InChI is InChI=1S/C20H25N3O3S.ClH/c1-23-17-10-11-18(14-8-5-9-15(19(14)17)20(23)24)27(25,26)22-16(12-21)13-6-3-2-4-7-13;/h5,8-11,13,16,22H,2-4,6-7,12,21H2,1H3;1H. The zero-order valence-electron chi connectivity index (χ0n) is 15.8. The van der Waals surface area contributed by atoms with Crippen molar-refractivity contribution >= 4 is 44.8 Å². The maximum absolute atomic E-state index is 13.2. The Bertz CT molecular complexity index is 1000. The molecule has 8 heteroatoms. The summed E-state index contributed by atoms with van der Waals surface area (Å²) in [6.45, 7) is 0.284. The Labute approximate surface area is 171 Å². The molecule has 2 aromatic rings. The molecule has 1 aliphatic carbocycles. The average molecular weight is 424 g/mol. The van der Waals surface area contributed by atoms with E-state index in [4.69, 9.17) is 5.73 Å². The number of anilines is 1. The van der Waals surface area contributed by atoms with Crippen molar-refractivity contribution in [1.29, 1.82) is 0 Å². The normalized spacial score (nSPS) is 18.4. The van der Waals surface area contributed by atoms with Crippen LogP contribution in [0.3, 0.4) is 0 Å². The number of amides is 1. The fourth-order valence-electron chi connectivity index (χ4n) is 4.48. The van der Waals surface area contributed by atoms with Gasteiger partial charge in [-0.3, -0.25) is 4.79 Å². The van der Waals surface area contributed by atoms with E-state index in [1.165, 1.54) is 6.42 Å². The van der Waals surface area contributed by atoms with E-state index in [9.17, 15) is 13.2 Å². The minimum atomic E-state index is -3.75. The van der Waals surface area contributed by atoms with Gasteiger partial charge in [0.15, 0.2) is 0 Å². The van der Waals surface area contributed by atoms with Crippen molar-refractivity contribution in [2.45, 2.75) is 43.0 Å². The highest BCUT2D eigenvalue weighted by atomic mass is 35.5. The maximum Gasteiger partial charge on any atom is 0.258 e. The van der Waals surface area contributed by atoms with Gasteiger partial charge in [0, 0.05) is 36.0 Å². The van der Waals surface area contributed by atoms with Crippen LogP contribution in [0.15, 0.2) is 35.2 Å². The molecule has 1 unspecified atom stereocenters. The Morgan fingerprint density at radius 2 is 1.89 bits per heavy atom. The fourth-order valence-corrected chi connectivity index (χ4v) is 6.00. The van der Waals surface area contributed by atoms with Crippen molar-refractivity contribution in [1.82, 2.24) is 4.72 Å². The van der Waals surface area contributed by atoms with Crippen molar-refractivity contribution < 1.29 is 13.2 Å². The molecule has 4 rings (SSSR count). The summed E-state index contributed by atoms with van der Waals surface area (Å²) in [7, 11) is -2.04. The number of hydrogen-bond acceptors (Lipinski definition) is 4. The molecule has 152 valence electrons. The number of nitrogens with two attached hydrogens (primary N) is 1. The van der Waals surface area contributed by atoms with E-state index in [1.807, 2.05) is 0 Å². The van der Waals surface area contributed by atoms with Crippen LogP contribution >= 0.6 is 12.4 Å². The number of nitrogens with one attached hydrogen (secondary N) is 1. The van der Waals surface area contributed by atoms with Gasteiger partial charge < -0.3 is 10.6 Å². The van der Waals surface area contributed by atoms with Crippen LogP contribution in [-0.4, -0.2) is 34.0 Å². The number of hydrogen-bond donors (Lipinski definition) is 2. The van der Waals surface area contributed by atoms with Gasteiger partial charge in [-0.15, -0.1) is 12.4 Å². The molecule has 1 amide bonds. The minimum absolute atomic E-state index is 0. The van der Waals surface area contributed by atoms with Gasteiger partial charge in [-0.1, -0.05) is 31.4 Å². The van der Waals surface area contributed by atoms with E-state index in [0.717, 1.165) is 31.4 Å². The zero-order chi connectivity index (χ0) is 19.2. The van der Waals surface area contributed by atoms with Gasteiger partial charge in [-0.05, 0) is 37.0 Å². The Hall–Kier alpha value is -1.67. The smallest absolute Gasteiger partial charge is 0.258 e. The van der Waals surface area contributed by atoms with Crippen LogP contribution in [0, 0.1) is 5.92 Å². The second kappa shape index (κ2) is 7.99. The number of halogens is 1. The summed E-state index contributed by atoms with van der Waals surface area (Å²) >= 11 is 0. The molecule has 2 aliphatic rings. The first-order valence-electron chi connectivity index (χ1n) is 9.50. The third kappa shape index (κ3) is 3.41. The number of nitrogens with zero attached hydrogens (tertiary/aromatic N) is 1. The molecule has 1 atom stereocenters. The average Bonchev–Trinajstić information content (AvgIpc) is 2.94. The molecule has 1 aliphatic heterocycles. The van der Waals surface area contributed by atoms with E-state index in [1.54, 1.807) is 42.3 Å². The number of carbonyl (C=O) groups excluding carboxylic acids is 1. The van der Waals surface area contributed by atoms with E-state index < -0.39 is 10.0 Å². The van der Waals surface area contributed by atoms with Gasteiger partial charge in [0.2, 0.25) is 10.0 Å². The monoisotopic (exact) mass is 423 g/mol. The summed E-state index contributed by atoms with van der Waals surface area (Å²) in [4.78, 5) is 14.2. The molecule has 0 aromatic heterocycles. The van der Waals surface area contributed by atoms with E-state index >= 15 is 0 Å². The van der Waals surface area contributed by atoms with Gasteiger partial charge in [0.05, 0.1) is 10.6 Å². The van der Waals surface area contributed by atoms with Gasteiger partial charge in [-0.25, -0.2) is 13.1 Å². The zero-order valence-corrected chi connectivity index (χ0v) is 17.5. The molecule has 6 nitrogen and oxygen atoms in total. The van der Waals surface area contributed by atoms with Crippen LogP contribution in [0.1, 0.15) is 42.5 Å². The maximum atomic E-state index is 13.2. The number of carbonyl (C=O) groups is 1. The van der Waals surface area contributed by atoms with E-state index in [2.05, 4.69) is 4.72 Å². The van der Waals surface area contributed by atoms with Crippen LogP contribution in [0.4, 0.5) is 5.69 Å². The lowest BCUT2D eigenvalue weighted by Crippen LogP contribution is -2.45. The molecule has 0 radical (unpaired) electrons. The van der Waals surface area contributed by atoms with Gasteiger partial charge in [0.1, 0.15) is 0 Å². The lowest BCUT2D eigenvalue weighted by molar-refractivity contribution is 0.0999. The molecule has 1 fully saturated rings. The van der Waals surface area contributed by atoms with Crippen molar-refractivity contribution in [2.75, 3.05) is 18.5 Å². The summed E-state index contributed by atoms with van der Waals surface area (Å²) < 4.78 is 29.2. The summed E-state index contributed by atoms with van der Waals surface area (Å²) in [5.74, 6) is 0.170. The molecule has 0 spiro atoms. The lowest BCUT2D eigenvalue weighted by Gasteiger charge is -2.30. The van der Waals surface area contributed by atoms with Crippen molar-refractivity contribution in [3.05, 3.63) is 35.9 Å². The van der Waals surface area contributed by atoms with Crippen LogP contribution in [0.2, 0.25) is 0 Å². The fraction of sp³-hybridized carbons (Fsp3) is 0.450. The third-order valence-electron chi connectivity index (χ3n) is 5.94. The highest BCUT2D eigenvalue weighted by Crippen LogP contribution is 2.39. The van der Waals surface area contributed by atoms with Gasteiger partial charge >= 0.3 is 0 Å². The SMILES string of the molecule is CN1C(=O)c2cccc3c(S(=O)(=O)NC(CN)C4CCCCC4)ccc1c23.Cl. The first-order chi connectivity index (χ1) is 12.9. The molecule has 0 bridgehead atoms. The number of rotatable bonds is 5. The highest BCUT2D eigenvalue weighted by Gasteiger charge is 2.32. The molecular weight excluding hydrogens is 398 g/mol. The molecule has 2 aromatic carbocycles. The lowest BCUT2D eigenvalue weighted by atomic mass is 9.84. The quantitative estimate of drug-likeness (QED) is 0.773. The first-order valence-corrected chi connectivity index (χ1v) is 11.0. The summed E-state index contributed by atoms with van der Waals surface area (Å²) in [5, 5.41) is 1.28. The van der Waals surface area contributed by atoms with Crippen molar-refractivity contribution in [3.63, 3.8) is 0 Å². The predicted molar refractivity (Wildman–Crippen MR) is 114 cm³/mol. The summed E-state index contributed by atoms with van der Waals surface area (Å²) in [6.07, 6.45) is 5.47. The molecule has 0 saturated heterocycles. The largest absolute Gasteiger partial charge is 0.329 e. The second-order valence-electron chi connectivity index (χ2n) is 7.54. The third-order valence-corrected chi connectivity index (χ3v) is 7.49. The minimum Gasteiger partial charge on any atom is -0.329 e. The van der Waals surface area contributed by atoms with Crippen molar-refractivity contribution in [3.8, 4) is 0 Å². The van der Waals surface area contributed by atoms with E-state index in [-0.39, 0.29) is 41.7 Å². The highest BCUT2D eigenvalue weighted by molar-refractivity contribution is 7.89. The first kappa shape index (κ1) is 21.0. The van der Waals surface area contributed by atoms with E-state index in [0.29, 0.717) is 16.3 Å². The molecule has 3 N–H and O–H groups in total. The Kier molecular flexibility index (Phi) is 6.00. The van der Waals surface area contributed by atoms with Crippen LogP contribution in [0.25, 0.3) is 10.8 Å². The predicted octanol–water partition coefficient (Wildman–Crippen LogP) is 3.04. The van der Waals surface area contributed by atoms with Gasteiger partial charge in [-0.2, -0.15) is 0 Å². The number of sulfonamides is 1. The molecule has 28 heavy (non-hydrogen) atoms. The van der Waals surface area contributed by atoms with Crippen LogP contribution < -0.4 is 15.4 Å². The summed E-state index contributed by atoms with van der Waals surface area (Å²) in [6, 6.07) is 8.28. The Balaban J connectivity index is 0.00000225.